The van der Waals surface area contributed by atoms with Gasteiger partial charge in [0.15, 0.2) is 0 Å². The quantitative estimate of drug-likeness (QED) is 0.207. The summed E-state index contributed by atoms with van der Waals surface area (Å²) in [5.41, 5.74) is 0. The first-order valence-corrected chi connectivity index (χ1v) is 7.35. The Labute approximate surface area is 226 Å². The largest absolute Gasteiger partial charge is 4.00 e. The van der Waals surface area contributed by atoms with Gasteiger partial charge in [-0.25, -0.2) is 0 Å². The predicted octanol–water partition coefficient (Wildman–Crippen LogP) is -11.9. The predicted molar refractivity (Wildman–Crippen MR) is 38.9 cm³/mol. The van der Waals surface area contributed by atoms with Gasteiger partial charge in [-0.05, 0) is 0 Å². The van der Waals surface area contributed by atoms with Gasteiger partial charge in [0.25, 0.3) is 0 Å². The fourth-order valence-electron chi connectivity index (χ4n) is 0. The van der Waals surface area contributed by atoms with Crippen molar-refractivity contribution in [1.29, 1.82) is 0 Å². The Morgan fingerprint density at radius 2 is 0.455 bits per heavy atom. The van der Waals surface area contributed by atoms with Crippen LogP contribution in [0.25, 0.3) is 0 Å². The average Bonchev–Trinajstić information content (AvgIpc) is 1.76. The number of hydrogen-bond acceptors (Lipinski definition) is 12. The summed E-state index contributed by atoms with van der Waals surface area (Å²) >= 11 is 0. The second kappa shape index (κ2) is 56.4. The van der Waals surface area contributed by atoms with E-state index in [9.17, 15) is 0 Å². The van der Waals surface area contributed by atoms with Gasteiger partial charge in [-0.1, -0.05) is 0 Å². The van der Waals surface area contributed by atoms with E-state index in [1.54, 1.807) is 0 Å². The molecule has 0 bridgehead atoms. The van der Waals surface area contributed by atoms with Crippen molar-refractivity contribution in [3.63, 3.8) is 0 Å². The van der Waals surface area contributed by atoms with Gasteiger partial charge in [0.1, 0.15) is 0 Å². The SMILES string of the molecule is O=[Si]([O-])[O-].O=[Si]([O-])[O-].O=[Si]([O-])[O-].O=[Si]([O-])[O-].[Cd+2].[Cd+2].[S-2].[Se-2].[Zr+4].[Zr+4]. The van der Waals surface area contributed by atoms with E-state index < -0.39 is 36.7 Å². The number of rotatable bonds is 0. The van der Waals surface area contributed by atoms with Gasteiger partial charge in [-0.2, -0.15) is 0 Å². The molecule has 0 aliphatic carbocycles. The molecule has 0 amide bonds. The van der Waals surface area contributed by atoms with E-state index >= 15 is 0 Å². The fourth-order valence-corrected chi connectivity index (χ4v) is 0. The normalized spacial score (nSPS) is 4.36. The van der Waals surface area contributed by atoms with Crippen LogP contribution in [0.4, 0.5) is 0 Å². The summed E-state index contributed by atoms with van der Waals surface area (Å²) in [6.45, 7) is 0. The molecule has 0 unspecified atom stereocenters. The molecule has 0 saturated carbocycles. The Morgan fingerprint density at radius 3 is 0.455 bits per heavy atom. The Kier molecular flexibility index (Phi) is 164. The molecule has 0 aromatic heterocycles. The molecule has 22 heteroatoms. The average molecular weight is 823 g/mol. The summed E-state index contributed by atoms with van der Waals surface area (Å²) in [7, 11) is -14.5. The number of hydrogen-bond donors (Lipinski definition) is 0. The van der Waals surface area contributed by atoms with Crippen LogP contribution in [0.5, 0.6) is 0 Å². The van der Waals surface area contributed by atoms with Gasteiger partial charge in [0, 0.05) is 36.7 Å². The minimum Gasteiger partial charge on any atom is -2.00 e. The van der Waals surface area contributed by atoms with Crippen LogP contribution < -0.4 is 38.4 Å². The third-order valence-corrected chi connectivity index (χ3v) is 0. The molecular formula is Cd2O12SSeSi4Zr2. The van der Waals surface area contributed by atoms with Crippen LogP contribution in [0.2, 0.25) is 0 Å². The summed E-state index contributed by atoms with van der Waals surface area (Å²) in [6.07, 6.45) is 0. The zero-order chi connectivity index (χ0) is 14.3. The van der Waals surface area contributed by atoms with Crippen LogP contribution in [0.3, 0.4) is 0 Å². The standard InChI is InChI=1S/2Cd.4O3Si.S.Se.2Zr/c;;4*1-4(2)3;;;;/q2*+2;6*-2;2*+4. The third-order valence-electron chi connectivity index (χ3n) is 0. The summed E-state index contributed by atoms with van der Waals surface area (Å²) in [5, 5.41) is 0. The van der Waals surface area contributed by atoms with E-state index in [4.69, 9.17) is 56.2 Å². The molecule has 112 valence electrons. The summed E-state index contributed by atoms with van der Waals surface area (Å²) in [5.74, 6) is 0. The second-order valence-electron chi connectivity index (χ2n) is 1.00. The third kappa shape index (κ3) is 1270. The molecule has 0 N–H and O–H groups in total. The van der Waals surface area contributed by atoms with E-state index in [-0.39, 0.29) is 138 Å². The Bertz CT molecular complexity index is 183. The first-order valence-electron chi connectivity index (χ1n) is 2.45. The minimum atomic E-state index is -3.63. The first kappa shape index (κ1) is 64.0. The molecule has 0 atom stereocenters. The molecule has 0 saturated heterocycles. The molecule has 22 heavy (non-hydrogen) atoms. The summed E-state index contributed by atoms with van der Waals surface area (Å²) < 4.78 is 34.1. The summed E-state index contributed by atoms with van der Waals surface area (Å²) in [6, 6.07) is 0. The Hall–Kier alpha value is 2.95. The Balaban J connectivity index is -0.00000001000. The van der Waals surface area contributed by atoms with Gasteiger partial charge >= 0.3 is 107 Å². The van der Waals surface area contributed by atoms with E-state index in [0.29, 0.717) is 0 Å². The maximum absolute atomic E-state index is 8.52. The molecule has 0 radical (unpaired) electrons. The van der Waals surface area contributed by atoms with E-state index in [1.807, 2.05) is 0 Å². The van der Waals surface area contributed by atoms with Crippen LogP contribution in [0.15, 0.2) is 0 Å². The van der Waals surface area contributed by atoms with Crippen molar-refractivity contribution in [2.75, 3.05) is 0 Å². The van der Waals surface area contributed by atoms with Gasteiger partial charge in [-0.15, -0.1) is 0 Å². The zero-order valence-corrected chi connectivity index (χ0v) is 29.6. The molecule has 0 fully saturated rings. The van der Waals surface area contributed by atoms with Crippen molar-refractivity contribution >= 4 is 67.2 Å². The zero-order valence-electron chi connectivity index (χ0n) is 10.1. The van der Waals surface area contributed by atoms with Crippen LogP contribution in [-0.2, 0) is 138 Å². The minimum absolute atomic E-state index is 0. The summed E-state index contributed by atoms with van der Waals surface area (Å²) in [4.78, 5) is 68.1. The molecule has 0 rings (SSSR count). The van der Waals surface area contributed by atoms with Crippen molar-refractivity contribution in [1.82, 2.24) is 0 Å². The molecule has 0 aliphatic rings. The molecule has 12 nitrogen and oxygen atoms in total. The monoisotopic (exact) mass is 823 g/mol. The smallest absolute Gasteiger partial charge is 2.00 e. The molecular weight excluding hydrogens is 823 g/mol. The van der Waals surface area contributed by atoms with Crippen LogP contribution in [0.1, 0.15) is 0 Å². The molecule has 0 heterocycles. The van der Waals surface area contributed by atoms with Gasteiger partial charge in [0.05, 0.1) is 0 Å². The van der Waals surface area contributed by atoms with Crippen molar-refractivity contribution in [3.05, 3.63) is 0 Å². The maximum atomic E-state index is 8.52. The fraction of sp³-hybridized carbons (Fsp3) is 0. The molecule has 0 aromatic carbocycles. The van der Waals surface area contributed by atoms with Crippen molar-refractivity contribution in [3.8, 4) is 0 Å². The van der Waals surface area contributed by atoms with Gasteiger partial charge in [0.2, 0.25) is 0 Å². The Morgan fingerprint density at radius 1 is 0.455 bits per heavy atom. The molecule has 0 aliphatic heterocycles. The maximum Gasteiger partial charge on any atom is 4.00 e. The molecule has 0 aromatic rings. The van der Waals surface area contributed by atoms with Crippen molar-refractivity contribution in [2.24, 2.45) is 0 Å². The first-order chi connectivity index (χ1) is 6.93. The van der Waals surface area contributed by atoms with Crippen LogP contribution in [-0.4, -0.2) is 53.7 Å². The van der Waals surface area contributed by atoms with Crippen molar-refractivity contribution < 1.29 is 163 Å². The van der Waals surface area contributed by atoms with Crippen LogP contribution in [0, 0.1) is 0 Å². The topological polar surface area (TPSA) is 253 Å². The van der Waals surface area contributed by atoms with E-state index in [0.717, 1.165) is 0 Å². The van der Waals surface area contributed by atoms with Crippen LogP contribution >= 0.6 is 0 Å². The van der Waals surface area contributed by atoms with Crippen molar-refractivity contribution in [2.45, 2.75) is 0 Å². The van der Waals surface area contributed by atoms with E-state index in [1.165, 1.54) is 0 Å². The van der Waals surface area contributed by atoms with E-state index in [2.05, 4.69) is 0 Å². The van der Waals surface area contributed by atoms with Gasteiger partial charge < -0.3 is 86.8 Å². The second-order valence-corrected chi connectivity index (χ2v) is 3.00. The molecule has 0 spiro atoms. The van der Waals surface area contributed by atoms with Gasteiger partial charge in [-0.3, -0.25) is 0 Å².